The second kappa shape index (κ2) is 2.55. The Hall–Kier alpha value is -1.44. The summed E-state index contributed by atoms with van der Waals surface area (Å²) in [6.45, 7) is 0.955. The first-order valence-electron chi connectivity index (χ1n) is 4.03. The Bertz CT molecular complexity index is 328. The Balaban J connectivity index is 2.53. The van der Waals surface area contributed by atoms with Gasteiger partial charge in [0.15, 0.2) is 0 Å². The molecule has 0 aliphatic carbocycles. The molecule has 1 aliphatic heterocycles. The Morgan fingerprint density at radius 1 is 1.33 bits per heavy atom. The molecule has 1 aliphatic rings. The van der Waals surface area contributed by atoms with E-state index >= 15 is 0 Å². The Morgan fingerprint density at radius 3 is 2.92 bits per heavy atom. The standard InChI is InChI=1S/C10H12N2/c1-12-6-8-4-2-3-5-9(8)10(11)7-12/h2-5,7H,6,11H2,1H3. The van der Waals surface area contributed by atoms with Crippen molar-refractivity contribution in [2.24, 2.45) is 5.73 Å². The zero-order valence-electron chi connectivity index (χ0n) is 7.12. The molecule has 1 aromatic carbocycles. The number of hydrogen-bond acceptors (Lipinski definition) is 2. The van der Waals surface area contributed by atoms with Gasteiger partial charge in [0.2, 0.25) is 0 Å². The van der Waals surface area contributed by atoms with Crippen LogP contribution in [0.15, 0.2) is 30.5 Å². The van der Waals surface area contributed by atoms with E-state index in [1.54, 1.807) is 0 Å². The highest BCUT2D eigenvalue weighted by Crippen LogP contribution is 2.21. The highest BCUT2D eigenvalue weighted by molar-refractivity contribution is 5.66. The number of rotatable bonds is 0. The largest absolute Gasteiger partial charge is 0.397 e. The van der Waals surface area contributed by atoms with Crippen LogP contribution in [0, 0.1) is 0 Å². The van der Waals surface area contributed by atoms with Gasteiger partial charge in [0.25, 0.3) is 0 Å². The summed E-state index contributed by atoms with van der Waals surface area (Å²) < 4.78 is 0. The molecule has 2 rings (SSSR count). The van der Waals surface area contributed by atoms with Crippen molar-refractivity contribution in [2.45, 2.75) is 6.54 Å². The topological polar surface area (TPSA) is 29.3 Å². The third kappa shape index (κ3) is 1.05. The minimum atomic E-state index is 0.861. The molecule has 0 unspecified atom stereocenters. The first-order valence-corrected chi connectivity index (χ1v) is 4.03. The van der Waals surface area contributed by atoms with E-state index < -0.39 is 0 Å². The predicted molar refractivity (Wildman–Crippen MR) is 50.1 cm³/mol. The third-order valence-corrected chi connectivity index (χ3v) is 2.11. The normalized spacial score (nSPS) is 15.4. The molecule has 2 N–H and O–H groups in total. The highest BCUT2D eigenvalue weighted by Gasteiger charge is 2.10. The molecule has 0 amide bonds. The summed E-state index contributed by atoms with van der Waals surface area (Å²) in [6.07, 6.45) is 1.97. The molecule has 0 bridgehead atoms. The quantitative estimate of drug-likeness (QED) is 0.621. The second-order valence-corrected chi connectivity index (χ2v) is 3.16. The van der Waals surface area contributed by atoms with E-state index in [0.29, 0.717) is 0 Å². The van der Waals surface area contributed by atoms with Gasteiger partial charge >= 0.3 is 0 Å². The van der Waals surface area contributed by atoms with Gasteiger partial charge in [-0.2, -0.15) is 0 Å². The van der Waals surface area contributed by atoms with Gasteiger partial charge in [-0.1, -0.05) is 24.3 Å². The molecule has 2 nitrogen and oxygen atoms in total. The van der Waals surface area contributed by atoms with E-state index in [9.17, 15) is 0 Å². The van der Waals surface area contributed by atoms with Gasteiger partial charge in [0, 0.05) is 25.4 Å². The lowest BCUT2D eigenvalue weighted by Crippen LogP contribution is -2.19. The van der Waals surface area contributed by atoms with Crippen LogP contribution >= 0.6 is 0 Å². The lowest BCUT2D eigenvalue weighted by atomic mass is 10.0. The number of nitrogens with two attached hydrogens (primary N) is 1. The van der Waals surface area contributed by atoms with E-state index in [1.807, 2.05) is 25.4 Å². The summed E-state index contributed by atoms with van der Waals surface area (Å²) in [6, 6.07) is 8.25. The van der Waals surface area contributed by atoms with Gasteiger partial charge in [-0.25, -0.2) is 0 Å². The molecule has 12 heavy (non-hydrogen) atoms. The second-order valence-electron chi connectivity index (χ2n) is 3.16. The molecular weight excluding hydrogens is 148 g/mol. The van der Waals surface area contributed by atoms with Gasteiger partial charge in [0.05, 0.1) is 5.70 Å². The summed E-state index contributed by atoms with van der Waals surface area (Å²) >= 11 is 0. The monoisotopic (exact) mass is 160 g/mol. The average Bonchev–Trinajstić information content (AvgIpc) is 2.04. The van der Waals surface area contributed by atoms with Gasteiger partial charge in [-0.15, -0.1) is 0 Å². The summed E-state index contributed by atoms with van der Waals surface area (Å²) in [5.41, 5.74) is 9.20. The van der Waals surface area contributed by atoms with Gasteiger partial charge in [0.1, 0.15) is 0 Å². The molecule has 0 saturated carbocycles. The molecule has 0 fully saturated rings. The maximum absolute atomic E-state index is 5.86. The molecule has 0 saturated heterocycles. The van der Waals surface area contributed by atoms with Crippen molar-refractivity contribution >= 4 is 5.70 Å². The maximum Gasteiger partial charge on any atom is 0.0552 e. The van der Waals surface area contributed by atoms with E-state index in [-0.39, 0.29) is 0 Å². The fourth-order valence-electron chi connectivity index (χ4n) is 1.56. The Morgan fingerprint density at radius 2 is 2.08 bits per heavy atom. The van der Waals surface area contributed by atoms with Crippen LogP contribution in [-0.4, -0.2) is 11.9 Å². The summed E-state index contributed by atoms with van der Waals surface area (Å²) in [5, 5.41) is 0. The van der Waals surface area contributed by atoms with Gasteiger partial charge in [-0.05, 0) is 5.56 Å². The molecule has 2 heteroatoms. The molecule has 0 aromatic heterocycles. The Labute approximate surface area is 72.3 Å². The van der Waals surface area contributed by atoms with Crippen molar-refractivity contribution in [3.05, 3.63) is 41.6 Å². The van der Waals surface area contributed by atoms with Crippen molar-refractivity contribution in [2.75, 3.05) is 7.05 Å². The van der Waals surface area contributed by atoms with Crippen LogP contribution in [0.5, 0.6) is 0 Å². The fraction of sp³-hybridized carbons (Fsp3) is 0.200. The number of benzene rings is 1. The summed E-state index contributed by atoms with van der Waals surface area (Å²) in [4.78, 5) is 2.09. The van der Waals surface area contributed by atoms with E-state index in [0.717, 1.165) is 12.2 Å². The van der Waals surface area contributed by atoms with Crippen molar-refractivity contribution < 1.29 is 0 Å². The maximum atomic E-state index is 5.86. The van der Waals surface area contributed by atoms with Crippen LogP contribution in [0.1, 0.15) is 11.1 Å². The van der Waals surface area contributed by atoms with Crippen LogP contribution in [0.2, 0.25) is 0 Å². The number of hydrogen-bond donors (Lipinski definition) is 1. The third-order valence-electron chi connectivity index (χ3n) is 2.11. The van der Waals surface area contributed by atoms with E-state index in [4.69, 9.17) is 5.73 Å². The van der Waals surface area contributed by atoms with Gasteiger partial charge in [-0.3, -0.25) is 0 Å². The number of fused-ring (bicyclic) bond motifs is 1. The molecule has 62 valence electrons. The van der Waals surface area contributed by atoms with Crippen LogP contribution in [-0.2, 0) is 6.54 Å². The lowest BCUT2D eigenvalue weighted by Gasteiger charge is -2.23. The zero-order valence-corrected chi connectivity index (χ0v) is 7.12. The molecular formula is C10H12N2. The van der Waals surface area contributed by atoms with Crippen LogP contribution in [0.25, 0.3) is 5.70 Å². The Kier molecular flexibility index (Phi) is 1.54. The molecule has 0 radical (unpaired) electrons. The van der Waals surface area contributed by atoms with Crippen LogP contribution < -0.4 is 5.73 Å². The van der Waals surface area contributed by atoms with Crippen molar-refractivity contribution in [3.63, 3.8) is 0 Å². The molecule has 1 aromatic rings. The minimum Gasteiger partial charge on any atom is -0.397 e. The first-order chi connectivity index (χ1) is 5.77. The summed E-state index contributed by atoms with van der Waals surface area (Å²) in [5.74, 6) is 0. The molecule has 1 heterocycles. The fourth-order valence-corrected chi connectivity index (χ4v) is 1.56. The lowest BCUT2D eigenvalue weighted by molar-refractivity contribution is 0.445. The van der Waals surface area contributed by atoms with E-state index in [1.165, 1.54) is 11.1 Å². The first kappa shape index (κ1) is 7.22. The average molecular weight is 160 g/mol. The highest BCUT2D eigenvalue weighted by atomic mass is 15.1. The van der Waals surface area contributed by atoms with Crippen LogP contribution in [0.3, 0.4) is 0 Å². The smallest absolute Gasteiger partial charge is 0.0552 e. The molecule has 0 spiro atoms. The number of nitrogens with zero attached hydrogens (tertiary/aromatic N) is 1. The van der Waals surface area contributed by atoms with Gasteiger partial charge < -0.3 is 10.6 Å². The minimum absolute atomic E-state index is 0.861. The zero-order chi connectivity index (χ0) is 8.55. The molecule has 0 atom stereocenters. The van der Waals surface area contributed by atoms with E-state index in [2.05, 4.69) is 17.0 Å². The van der Waals surface area contributed by atoms with Crippen molar-refractivity contribution in [1.29, 1.82) is 0 Å². The summed E-state index contributed by atoms with van der Waals surface area (Å²) in [7, 11) is 2.03. The van der Waals surface area contributed by atoms with Crippen molar-refractivity contribution in [1.82, 2.24) is 4.90 Å². The van der Waals surface area contributed by atoms with Crippen molar-refractivity contribution in [3.8, 4) is 0 Å². The van der Waals surface area contributed by atoms with Crippen LogP contribution in [0.4, 0.5) is 0 Å². The predicted octanol–water partition coefficient (Wildman–Crippen LogP) is 1.39. The SMILES string of the molecule is CN1C=C(N)c2ccccc2C1.